The molecule has 2 fully saturated rings. The maximum absolute atomic E-state index is 13.4. The van der Waals surface area contributed by atoms with E-state index in [4.69, 9.17) is 4.74 Å². The van der Waals surface area contributed by atoms with Crippen molar-refractivity contribution in [1.29, 1.82) is 0 Å². The highest BCUT2D eigenvalue weighted by Crippen LogP contribution is 2.35. The van der Waals surface area contributed by atoms with Crippen LogP contribution in [0.5, 0.6) is 5.75 Å². The van der Waals surface area contributed by atoms with Gasteiger partial charge in [-0.1, -0.05) is 18.2 Å². The molecular formula is C25H33F3N2O6S. The SMILES string of the molecule is C[C@H](NC(=O)[C@]1(C)CCCN1C(=O)OC(C)(C)C)c1cc(OS(=O)(=O)C(F)(F)F)ccc1/C=C/C1CC1. The van der Waals surface area contributed by atoms with E-state index in [2.05, 4.69) is 9.50 Å². The molecule has 3 rings (SSSR count). The van der Waals surface area contributed by atoms with Crippen molar-refractivity contribution in [2.24, 2.45) is 5.92 Å². The van der Waals surface area contributed by atoms with Crippen LogP contribution in [0.4, 0.5) is 18.0 Å². The topological polar surface area (TPSA) is 102 Å². The Kier molecular flexibility index (Phi) is 7.93. The largest absolute Gasteiger partial charge is 0.534 e. The number of hydrogen-bond acceptors (Lipinski definition) is 6. The average molecular weight is 547 g/mol. The minimum absolute atomic E-state index is 0.335. The third-order valence-corrected chi connectivity index (χ3v) is 7.25. The monoisotopic (exact) mass is 546 g/mol. The van der Waals surface area contributed by atoms with E-state index in [1.807, 2.05) is 6.08 Å². The van der Waals surface area contributed by atoms with Gasteiger partial charge in [0.05, 0.1) is 6.04 Å². The second kappa shape index (κ2) is 10.2. The molecule has 1 N–H and O–H groups in total. The van der Waals surface area contributed by atoms with Crippen LogP contribution in [0.2, 0.25) is 0 Å². The van der Waals surface area contributed by atoms with E-state index < -0.39 is 50.6 Å². The van der Waals surface area contributed by atoms with Crippen molar-refractivity contribution >= 4 is 28.2 Å². The molecule has 0 radical (unpaired) electrons. The van der Waals surface area contributed by atoms with Gasteiger partial charge in [0, 0.05) is 6.54 Å². The quantitative estimate of drug-likeness (QED) is 0.368. The highest BCUT2D eigenvalue weighted by Gasteiger charge is 2.49. The summed E-state index contributed by atoms with van der Waals surface area (Å²) in [6.07, 6.45) is 6.18. The summed E-state index contributed by atoms with van der Waals surface area (Å²) in [5, 5.41) is 2.84. The summed E-state index contributed by atoms with van der Waals surface area (Å²) in [4.78, 5) is 27.5. The van der Waals surface area contributed by atoms with E-state index in [0.29, 0.717) is 36.4 Å². The molecule has 0 aromatic heterocycles. The number of carbonyl (C=O) groups is 2. The van der Waals surface area contributed by atoms with Crippen molar-refractivity contribution in [2.75, 3.05) is 6.54 Å². The van der Waals surface area contributed by atoms with E-state index in [-0.39, 0.29) is 0 Å². The molecule has 1 aromatic carbocycles. The highest BCUT2D eigenvalue weighted by atomic mass is 32.2. The number of carbonyl (C=O) groups excluding carboxylic acids is 2. The highest BCUT2D eigenvalue weighted by molar-refractivity contribution is 7.88. The second-order valence-electron chi connectivity index (χ2n) is 10.7. The zero-order valence-electron chi connectivity index (χ0n) is 21.5. The Bertz CT molecular complexity index is 1170. The molecule has 206 valence electrons. The Morgan fingerprint density at radius 3 is 2.43 bits per heavy atom. The molecule has 8 nitrogen and oxygen atoms in total. The number of alkyl halides is 3. The molecule has 1 saturated heterocycles. The molecule has 2 amide bonds. The van der Waals surface area contributed by atoms with E-state index in [1.54, 1.807) is 40.7 Å². The first-order valence-electron chi connectivity index (χ1n) is 12.1. The lowest BCUT2D eigenvalue weighted by molar-refractivity contribution is -0.131. The molecule has 1 heterocycles. The smallest absolute Gasteiger partial charge is 0.444 e. The fraction of sp³-hybridized carbons (Fsp3) is 0.600. The van der Waals surface area contributed by atoms with Crippen LogP contribution in [0.1, 0.15) is 77.5 Å². The van der Waals surface area contributed by atoms with Gasteiger partial charge in [-0.05, 0) is 89.5 Å². The van der Waals surface area contributed by atoms with Gasteiger partial charge in [-0.2, -0.15) is 21.6 Å². The maximum atomic E-state index is 13.4. The first-order valence-corrected chi connectivity index (χ1v) is 13.5. The van der Waals surface area contributed by atoms with Crippen LogP contribution >= 0.6 is 0 Å². The fourth-order valence-electron chi connectivity index (χ4n) is 4.07. The number of amides is 2. The van der Waals surface area contributed by atoms with E-state index in [1.165, 1.54) is 17.0 Å². The molecule has 12 heteroatoms. The van der Waals surface area contributed by atoms with Crippen LogP contribution in [0, 0.1) is 5.92 Å². The number of rotatable bonds is 7. The van der Waals surface area contributed by atoms with Crippen molar-refractivity contribution in [2.45, 2.75) is 83.0 Å². The van der Waals surface area contributed by atoms with Gasteiger partial charge in [0.25, 0.3) is 0 Å². The summed E-state index contributed by atoms with van der Waals surface area (Å²) in [6.45, 7) is 8.78. The second-order valence-corrected chi connectivity index (χ2v) is 12.2. The number of ether oxygens (including phenoxy) is 1. The fourth-order valence-corrected chi connectivity index (χ4v) is 4.52. The average Bonchev–Trinajstić information content (AvgIpc) is 3.49. The molecule has 1 aliphatic heterocycles. The third kappa shape index (κ3) is 6.97. The standard InChI is InChI=1S/C25H33F3N2O6S/c1-16(29-21(31)24(5)13-6-14-30(24)22(32)35-23(2,3)4)20-15-19(36-37(33,34)25(26,27)28)12-11-18(20)10-9-17-7-8-17/h9-12,15-17H,6-8,13-14H2,1-5H3,(H,29,31)/b10-9+/t16-,24-/m0/s1. The van der Waals surface area contributed by atoms with Gasteiger partial charge in [-0.3, -0.25) is 9.69 Å². The van der Waals surface area contributed by atoms with Crippen LogP contribution < -0.4 is 9.50 Å². The lowest BCUT2D eigenvalue weighted by Gasteiger charge is -2.36. The first-order chi connectivity index (χ1) is 16.9. The van der Waals surface area contributed by atoms with E-state index in [0.717, 1.165) is 18.9 Å². The minimum atomic E-state index is -5.86. The summed E-state index contributed by atoms with van der Waals surface area (Å²) in [5.74, 6) is -0.590. The minimum Gasteiger partial charge on any atom is -0.444 e. The zero-order chi connectivity index (χ0) is 27.8. The number of likely N-dealkylation sites (tertiary alicyclic amines) is 1. The lowest BCUT2D eigenvalue weighted by atomic mass is 9.95. The van der Waals surface area contributed by atoms with Crippen LogP contribution in [0.3, 0.4) is 0 Å². The van der Waals surface area contributed by atoms with Gasteiger partial charge in [0.2, 0.25) is 5.91 Å². The summed E-state index contributed by atoms with van der Waals surface area (Å²) >= 11 is 0. The molecule has 1 aliphatic carbocycles. The molecule has 2 aliphatic rings. The van der Waals surface area contributed by atoms with Crippen LogP contribution in [-0.2, 0) is 19.6 Å². The summed E-state index contributed by atoms with van der Waals surface area (Å²) in [7, 11) is -5.86. The van der Waals surface area contributed by atoms with Gasteiger partial charge in [0.15, 0.2) is 0 Å². The molecule has 37 heavy (non-hydrogen) atoms. The lowest BCUT2D eigenvalue weighted by Crippen LogP contribution is -2.56. The molecule has 2 atom stereocenters. The number of halogens is 3. The zero-order valence-corrected chi connectivity index (χ0v) is 22.3. The van der Waals surface area contributed by atoms with Crippen molar-refractivity contribution in [3.8, 4) is 5.75 Å². The van der Waals surface area contributed by atoms with Gasteiger partial charge in [-0.25, -0.2) is 4.79 Å². The number of allylic oxidation sites excluding steroid dienone is 1. The van der Waals surface area contributed by atoms with Gasteiger partial charge in [0.1, 0.15) is 16.9 Å². The Labute approximate surface area is 215 Å². The first kappa shape index (κ1) is 28.8. The Balaban J connectivity index is 1.87. The number of nitrogens with zero attached hydrogens (tertiary/aromatic N) is 1. The normalized spacial score (nSPS) is 21.7. The molecule has 0 bridgehead atoms. The Hall–Kier alpha value is -2.76. The summed E-state index contributed by atoms with van der Waals surface area (Å²) in [5.41, 5.74) is -6.57. The van der Waals surface area contributed by atoms with Crippen molar-refractivity contribution in [3.63, 3.8) is 0 Å². The maximum Gasteiger partial charge on any atom is 0.534 e. The number of nitrogens with one attached hydrogen (secondary N) is 1. The third-order valence-electron chi connectivity index (χ3n) is 6.28. The predicted molar refractivity (Wildman–Crippen MR) is 131 cm³/mol. The van der Waals surface area contributed by atoms with E-state index in [9.17, 15) is 31.2 Å². The van der Waals surface area contributed by atoms with Crippen molar-refractivity contribution in [3.05, 3.63) is 35.4 Å². The van der Waals surface area contributed by atoms with Gasteiger partial charge >= 0.3 is 21.7 Å². The molecule has 1 saturated carbocycles. The molecule has 0 unspecified atom stereocenters. The molecular weight excluding hydrogens is 513 g/mol. The van der Waals surface area contributed by atoms with Gasteiger partial charge in [-0.15, -0.1) is 0 Å². The van der Waals surface area contributed by atoms with Crippen molar-refractivity contribution < 1.29 is 40.1 Å². The molecule has 1 aromatic rings. The van der Waals surface area contributed by atoms with Crippen LogP contribution in [-0.4, -0.2) is 48.5 Å². The number of benzene rings is 1. The Morgan fingerprint density at radius 1 is 1.22 bits per heavy atom. The van der Waals surface area contributed by atoms with Gasteiger partial charge < -0.3 is 14.2 Å². The summed E-state index contributed by atoms with van der Waals surface area (Å²) < 4.78 is 71.3. The summed E-state index contributed by atoms with van der Waals surface area (Å²) in [6, 6.07) is 3.00. The predicted octanol–water partition coefficient (Wildman–Crippen LogP) is 5.31. The van der Waals surface area contributed by atoms with Crippen LogP contribution in [0.15, 0.2) is 24.3 Å². The van der Waals surface area contributed by atoms with E-state index >= 15 is 0 Å². The van der Waals surface area contributed by atoms with Crippen molar-refractivity contribution in [1.82, 2.24) is 10.2 Å². The van der Waals surface area contributed by atoms with Crippen LogP contribution in [0.25, 0.3) is 6.08 Å². The Morgan fingerprint density at radius 2 is 1.86 bits per heavy atom. The number of hydrogen-bond donors (Lipinski definition) is 1. The molecule has 0 spiro atoms.